The summed E-state index contributed by atoms with van der Waals surface area (Å²) in [5, 5.41) is 14.3. The van der Waals surface area contributed by atoms with Crippen molar-refractivity contribution in [3.8, 4) is 0 Å². The maximum atomic E-state index is 11.9. The predicted octanol–water partition coefficient (Wildman–Crippen LogP) is 1.70. The Morgan fingerprint density at radius 1 is 1.35 bits per heavy atom. The molecule has 0 fully saturated rings. The summed E-state index contributed by atoms with van der Waals surface area (Å²) in [7, 11) is 0. The van der Waals surface area contributed by atoms with Crippen LogP contribution in [0.25, 0.3) is 0 Å². The minimum Gasteiger partial charge on any atom is -0.409 e. The Bertz CT molecular complexity index is 248. The van der Waals surface area contributed by atoms with Crippen molar-refractivity contribution < 1.29 is 10.0 Å². The molecule has 0 aliphatic heterocycles. The maximum Gasteiger partial charge on any atom is 0.223 e. The van der Waals surface area contributed by atoms with Gasteiger partial charge in [-0.25, -0.2) is 0 Å². The molecule has 100 valence electrons. The number of nitrogens with two attached hydrogens (primary N) is 1. The van der Waals surface area contributed by atoms with Crippen molar-refractivity contribution in [2.24, 2.45) is 22.7 Å². The number of rotatable bonds is 8. The van der Waals surface area contributed by atoms with E-state index in [-0.39, 0.29) is 23.6 Å². The average molecular weight is 243 g/mol. The van der Waals surface area contributed by atoms with Gasteiger partial charge in [-0.15, -0.1) is 0 Å². The summed E-state index contributed by atoms with van der Waals surface area (Å²) < 4.78 is 0. The zero-order valence-electron chi connectivity index (χ0n) is 11.1. The Morgan fingerprint density at radius 3 is 2.29 bits per heavy atom. The summed E-state index contributed by atoms with van der Waals surface area (Å²) in [5.41, 5.74) is 5.44. The van der Waals surface area contributed by atoms with E-state index in [4.69, 9.17) is 10.9 Å². The Labute approximate surface area is 103 Å². The van der Waals surface area contributed by atoms with E-state index in [2.05, 4.69) is 24.3 Å². The van der Waals surface area contributed by atoms with E-state index in [0.717, 1.165) is 25.7 Å². The van der Waals surface area contributed by atoms with E-state index in [1.807, 2.05) is 6.92 Å². The van der Waals surface area contributed by atoms with Crippen LogP contribution in [0.3, 0.4) is 0 Å². The van der Waals surface area contributed by atoms with E-state index in [1.54, 1.807) is 0 Å². The molecule has 0 aromatic rings. The molecule has 1 amide bonds. The molecule has 5 nitrogen and oxygen atoms in total. The monoisotopic (exact) mass is 243 g/mol. The number of oxime groups is 1. The lowest BCUT2D eigenvalue weighted by Crippen LogP contribution is -2.37. The predicted molar refractivity (Wildman–Crippen MR) is 68.9 cm³/mol. The third kappa shape index (κ3) is 6.14. The van der Waals surface area contributed by atoms with Crippen molar-refractivity contribution >= 4 is 11.7 Å². The molecule has 0 radical (unpaired) electrons. The van der Waals surface area contributed by atoms with Crippen LogP contribution in [0.1, 0.15) is 46.5 Å². The SMILES string of the molecule is CCCC(CCC)C(=O)NCC(C)C(N)=NO. The van der Waals surface area contributed by atoms with Crippen molar-refractivity contribution in [1.29, 1.82) is 0 Å². The summed E-state index contributed by atoms with van der Waals surface area (Å²) in [5.74, 6) is 0.163. The fourth-order valence-corrected chi connectivity index (χ4v) is 1.70. The van der Waals surface area contributed by atoms with Gasteiger partial charge in [0, 0.05) is 18.4 Å². The van der Waals surface area contributed by atoms with Gasteiger partial charge in [0.25, 0.3) is 0 Å². The number of amides is 1. The van der Waals surface area contributed by atoms with Crippen LogP contribution in [0.2, 0.25) is 0 Å². The molecule has 1 atom stereocenters. The van der Waals surface area contributed by atoms with E-state index in [1.165, 1.54) is 0 Å². The molecule has 0 rings (SSSR count). The molecule has 17 heavy (non-hydrogen) atoms. The largest absolute Gasteiger partial charge is 0.409 e. The summed E-state index contributed by atoms with van der Waals surface area (Å²) in [4.78, 5) is 11.9. The van der Waals surface area contributed by atoms with Crippen molar-refractivity contribution in [2.75, 3.05) is 6.54 Å². The zero-order valence-corrected chi connectivity index (χ0v) is 11.1. The van der Waals surface area contributed by atoms with Crippen molar-refractivity contribution in [3.63, 3.8) is 0 Å². The molecular formula is C12H25N3O2. The molecule has 0 aliphatic carbocycles. The lowest BCUT2D eigenvalue weighted by molar-refractivity contribution is -0.125. The second kappa shape index (κ2) is 8.84. The van der Waals surface area contributed by atoms with Gasteiger partial charge in [-0.1, -0.05) is 38.8 Å². The Kier molecular flexibility index (Phi) is 8.19. The zero-order chi connectivity index (χ0) is 13.3. The molecule has 0 aliphatic rings. The van der Waals surface area contributed by atoms with Gasteiger partial charge in [0.05, 0.1) is 0 Å². The summed E-state index contributed by atoms with van der Waals surface area (Å²) in [6.45, 7) is 6.38. The highest BCUT2D eigenvalue weighted by Crippen LogP contribution is 2.13. The third-order valence-corrected chi connectivity index (χ3v) is 2.85. The Morgan fingerprint density at radius 2 is 1.88 bits per heavy atom. The van der Waals surface area contributed by atoms with Crippen LogP contribution in [0, 0.1) is 11.8 Å². The Hall–Kier alpha value is -1.26. The second-order valence-corrected chi connectivity index (χ2v) is 4.45. The van der Waals surface area contributed by atoms with Gasteiger partial charge in [-0.2, -0.15) is 0 Å². The minimum absolute atomic E-state index is 0.0753. The summed E-state index contributed by atoms with van der Waals surface area (Å²) in [6.07, 6.45) is 3.84. The van der Waals surface area contributed by atoms with Crippen LogP contribution < -0.4 is 11.1 Å². The Balaban J connectivity index is 4.13. The fraction of sp³-hybridized carbons (Fsp3) is 0.833. The smallest absolute Gasteiger partial charge is 0.223 e. The van der Waals surface area contributed by atoms with E-state index in [0.29, 0.717) is 6.54 Å². The minimum atomic E-state index is -0.146. The van der Waals surface area contributed by atoms with Gasteiger partial charge < -0.3 is 16.3 Å². The van der Waals surface area contributed by atoms with Gasteiger partial charge in [-0.3, -0.25) is 4.79 Å². The third-order valence-electron chi connectivity index (χ3n) is 2.85. The van der Waals surface area contributed by atoms with Crippen LogP contribution in [0.15, 0.2) is 5.16 Å². The van der Waals surface area contributed by atoms with E-state index >= 15 is 0 Å². The number of hydrogen-bond donors (Lipinski definition) is 3. The van der Waals surface area contributed by atoms with Crippen molar-refractivity contribution in [2.45, 2.75) is 46.5 Å². The van der Waals surface area contributed by atoms with Crippen LogP contribution in [-0.2, 0) is 4.79 Å². The number of carbonyl (C=O) groups excluding carboxylic acids is 1. The standard InChI is InChI=1S/C12H25N3O2/c1-4-6-10(7-5-2)12(16)14-8-9(3)11(13)15-17/h9-10,17H,4-8H2,1-3H3,(H2,13,15)(H,14,16). The molecule has 0 aromatic heterocycles. The van der Waals surface area contributed by atoms with E-state index in [9.17, 15) is 4.79 Å². The molecule has 1 unspecified atom stereocenters. The van der Waals surface area contributed by atoms with Crippen LogP contribution in [0.4, 0.5) is 0 Å². The fourth-order valence-electron chi connectivity index (χ4n) is 1.70. The first-order valence-corrected chi connectivity index (χ1v) is 6.31. The molecule has 0 saturated carbocycles. The number of carbonyl (C=O) groups is 1. The molecule has 0 aromatic carbocycles. The quantitative estimate of drug-likeness (QED) is 0.262. The van der Waals surface area contributed by atoms with Gasteiger partial charge in [0.15, 0.2) is 0 Å². The van der Waals surface area contributed by atoms with Crippen molar-refractivity contribution in [1.82, 2.24) is 5.32 Å². The second-order valence-electron chi connectivity index (χ2n) is 4.45. The molecule has 0 bridgehead atoms. The van der Waals surface area contributed by atoms with Gasteiger partial charge in [-0.05, 0) is 12.8 Å². The number of amidine groups is 1. The molecule has 0 heterocycles. The first-order valence-electron chi connectivity index (χ1n) is 6.31. The normalized spacial score (nSPS) is 13.8. The average Bonchev–Trinajstić information content (AvgIpc) is 2.34. The molecule has 4 N–H and O–H groups in total. The molecular weight excluding hydrogens is 218 g/mol. The van der Waals surface area contributed by atoms with Gasteiger partial charge in [0.1, 0.15) is 5.84 Å². The molecule has 0 spiro atoms. The summed E-state index contributed by atoms with van der Waals surface area (Å²) in [6, 6.07) is 0. The number of nitrogens with one attached hydrogen (secondary N) is 1. The van der Waals surface area contributed by atoms with Crippen LogP contribution >= 0.6 is 0 Å². The maximum absolute atomic E-state index is 11.9. The lowest BCUT2D eigenvalue weighted by atomic mass is 9.97. The van der Waals surface area contributed by atoms with Crippen molar-refractivity contribution in [3.05, 3.63) is 0 Å². The number of nitrogens with zero attached hydrogens (tertiary/aromatic N) is 1. The van der Waals surface area contributed by atoms with Crippen LogP contribution in [0.5, 0.6) is 0 Å². The van der Waals surface area contributed by atoms with E-state index < -0.39 is 0 Å². The number of hydrogen-bond acceptors (Lipinski definition) is 3. The van der Waals surface area contributed by atoms with Crippen LogP contribution in [-0.4, -0.2) is 23.5 Å². The molecule has 5 heteroatoms. The first kappa shape index (κ1) is 15.7. The van der Waals surface area contributed by atoms with Gasteiger partial charge in [0.2, 0.25) is 5.91 Å². The molecule has 0 saturated heterocycles. The summed E-state index contributed by atoms with van der Waals surface area (Å²) >= 11 is 0. The highest BCUT2D eigenvalue weighted by molar-refractivity contribution is 5.83. The topological polar surface area (TPSA) is 87.7 Å². The first-order chi connectivity index (χ1) is 8.06. The highest BCUT2D eigenvalue weighted by Gasteiger charge is 2.17. The highest BCUT2D eigenvalue weighted by atomic mass is 16.4. The van der Waals surface area contributed by atoms with Gasteiger partial charge >= 0.3 is 0 Å². The lowest BCUT2D eigenvalue weighted by Gasteiger charge is -2.17.